The van der Waals surface area contributed by atoms with Gasteiger partial charge in [0.25, 0.3) is 0 Å². The first kappa shape index (κ1) is 21.8. The highest BCUT2D eigenvalue weighted by Crippen LogP contribution is 2.29. The second kappa shape index (κ2) is 9.64. The Morgan fingerprint density at radius 1 is 0.731 bits per heavy atom. The van der Waals surface area contributed by atoms with E-state index in [9.17, 15) is 35.7 Å². The van der Waals surface area contributed by atoms with E-state index >= 15 is 0 Å². The maximum Gasteiger partial charge on any atom is 0.187 e. The predicted molar refractivity (Wildman–Crippen MR) is 81.4 cm³/mol. The molecule has 154 valence electrons. The van der Waals surface area contributed by atoms with E-state index in [1.54, 1.807) is 0 Å². The number of aliphatic hydroxyl groups excluding tert-OH is 7. The number of ether oxygens (including phenoxy) is 4. The molecule has 2 saturated heterocycles. The number of hydrogen-bond acceptors (Lipinski definition) is 12. The van der Waals surface area contributed by atoms with Gasteiger partial charge in [0.15, 0.2) is 12.6 Å². The zero-order chi connectivity index (χ0) is 19.4. The van der Waals surface area contributed by atoms with Gasteiger partial charge in [-0.15, -0.1) is 0 Å². The Balaban J connectivity index is 2.09. The van der Waals surface area contributed by atoms with Crippen molar-refractivity contribution in [2.75, 3.05) is 26.4 Å². The highest BCUT2D eigenvalue weighted by Gasteiger charge is 2.50. The number of hydrogen-bond donors (Lipinski definition) is 8. The molecule has 12 heteroatoms. The van der Waals surface area contributed by atoms with Gasteiger partial charge in [0.2, 0.25) is 0 Å². The summed E-state index contributed by atoms with van der Waals surface area (Å²) in [6.45, 7) is -1.08. The second-order valence-corrected chi connectivity index (χ2v) is 6.16. The lowest BCUT2D eigenvalue weighted by Gasteiger charge is -2.45. The molecule has 9 N–H and O–H groups in total. The minimum atomic E-state index is -1.71. The average Bonchev–Trinajstić information content (AvgIpc) is 2.64. The standard InChI is InChI=1S/C14H27NO11/c15-1-2-23-13-11(22)9(20)12(6(4-17)25-13)26-14-10(21)8(19)7(18)5(3-16)24-14/h5-14,16-22H,1-4,15H2/t5-,6-,7-,8+,9-,10-,11-,12+,13+,14-/m1/s1. The van der Waals surface area contributed by atoms with Crippen LogP contribution in [0.4, 0.5) is 0 Å². The van der Waals surface area contributed by atoms with E-state index in [1.807, 2.05) is 0 Å². The molecule has 2 heterocycles. The lowest BCUT2D eigenvalue weighted by atomic mass is 9.97. The molecule has 0 spiro atoms. The third kappa shape index (κ3) is 4.49. The zero-order valence-electron chi connectivity index (χ0n) is 13.9. The molecule has 0 aliphatic carbocycles. The SMILES string of the molecule is NCCO[C@H]1O[C@H](CO)[C@H](O[C@H]2O[C@H](CO)[C@@H](O)[C@H](O)[C@H]2O)[C@H](O)[C@H]1O. The lowest BCUT2D eigenvalue weighted by Crippen LogP contribution is -2.64. The second-order valence-electron chi connectivity index (χ2n) is 6.16. The van der Waals surface area contributed by atoms with Crippen LogP contribution >= 0.6 is 0 Å². The van der Waals surface area contributed by atoms with Crippen molar-refractivity contribution in [1.82, 2.24) is 0 Å². The first-order valence-electron chi connectivity index (χ1n) is 8.25. The molecule has 0 aromatic rings. The van der Waals surface area contributed by atoms with Crippen molar-refractivity contribution in [2.24, 2.45) is 5.73 Å². The van der Waals surface area contributed by atoms with Crippen LogP contribution in [0.3, 0.4) is 0 Å². The van der Waals surface area contributed by atoms with Crippen LogP contribution in [-0.2, 0) is 18.9 Å². The van der Waals surface area contributed by atoms with Crippen molar-refractivity contribution >= 4 is 0 Å². The molecule has 2 fully saturated rings. The molecular weight excluding hydrogens is 358 g/mol. The van der Waals surface area contributed by atoms with Gasteiger partial charge >= 0.3 is 0 Å². The molecule has 2 aliphatic rings. The molecule has 2 aliphatic heterocycles. The fraction of sp³-hybridized carbons (Fsp3) is 1.00. The molecule has 10 atom stereocenters. The molecule has 0 amide bonds. The van der Waals surface area contributed by atoms with Crippen molar-refractivity contribution in [3.8, 4) is 0 Å². The van der Waals surface area contributed by atoms with Crippen LogP contribution in [0.5, 0.6) is 0 Å². The summed E-state index contributed by atoms with van der Waals surface area (Å²) in [7, 11) is 0. The van der Waals surface area contributed by atoms with Gasteiger partial charge in [0, 0.05) is 6.54 Å². The van der Waals surface area contributed by atoms with Crippen molar-refractivity contribution < 1.29 is 54.7 Å². The van der Waals surface area contributed by atoms with Gasteiger partial charge < -0.3 is 60.4 Å². The molecule has 0 radical (unpaired) electrons. The van der Waals surface area contributed by atoms with Crippen LogP contribution in [0.2, 0.25) is 0 Å². The number of rotatable bonds is 7. The molecule has 0 aromatic heterocycles. The van der Waals surface area contributed by atoms with E-state index in [2.05, 4.69) is 0 Å². The minimum absolute atomic E-state index is 0.0465. The topological polar surface area (TPSA) is 205 Å². The summed E-state index contributed by atoms with van der Waals surface area (Å²) in [5.41, 5.74) is 5.30. The fourth-order valence-corrected chi connectivity index (χ4v) is 2.88. The van der Waals surface area contributed by atoms with Crippen LogP contribution in [0.25, 0.3) is 0 Å². The smallest absolute Gasteiger partial charge is 0.187 e. The molecule has 0 aromatic carbocycles. The van der Waals surface area contributed by atoms with E-state index in [1.165, 1.54) is 0 Å². The largest absolute Gasteiger partial charge is 0.394 e. The highest BCUT2D eigenvalue weighted by atomic mass is 16.7. The van der Waals surface area contributed by atoms with Crippen molar-refractivity contribution in [3.05, 3.63) is 0 Å². The van der Waals surface area contributed by atoms with Crippen LogP contribution < -0.4 is 5.73 Å². The van der Waals surface area contributed by atoms with Gasteiger partial charge in [-0.1, -0.05) is 0 Å². The first-order valence-corrected chi connectivity index (χ1v) is 8.25. The fourth-order valence-electron chi connectivity index (χ4n) is 2.88. The number of aliphatic hydroxyl groups is 7. The van der Waals surface area contributed by atoms with Gasteiger partial charge in [-0.25, -0.2) is 0 Å². The maximum atomic E-state index is 10.3. The van der Waals surface area contributed by atoms with Crippen LogP contribution in [-0.4, -0.2) is 124 Å². The quantitative estimate of drug-likeness (QED) is 0.207. The molecule has 0 unspecified atom stereocenters. The normalized spacial score (nSPS) is 47.1. The number of nitrogens with two attached hydrogens (primary N) is 1. The van der Waals surface area contributed by atoms with Gasteiger partial charge in [0.1, 0.15) is 48.8 Å². The van der Waals surface area contributed by atoms with Gasteiger partial charge in [-0.05, 0) is 0 Å². The van der Waals surface area contributed by atoms with Crippen LogP contribution in [0.15, 0.2) is 0 Å². The summed E-state index contributed by atoms with van der Waals surface area (Å²) in [5, 5.41) is 68.6. The lowest BCUT2D eigenvalue weighted by molar-refractivity contribution is -0.359. The highest BCUT2D eigenvalue weighted by molar-refractivity contribution is 4.94. The predicted octanol–water partition coefficient (Wildman–Crippen LogP) is -5.41. The van der Waals surface area contributed by atoms with Crippen LogP contribution in [0, 0.1) is 0 Å². The van der Waals surface area contributed by atoms with E-state index in [0.29, 0.717) is 0 Å². The Labute approximate surface area is 149 Å². The van der Waals surface area contributed by atoms with Crippen molar-refractivity contribution in [1.29, 1.82) is 0 Å². The average molecular weight is 385 g/mol. The Hall–Kier alpha value is -0.480. The molecule has 26 heavy (non-hydrogen) atoms. The molecule has 2 rings (SSSR count). The molecular formula is C14H27NO11. The van der Waals surface area contributed by atoms with E-state index in [0.717, 1.165) is 0 Å². The summed E-state index contributed by atoms with van der Waals surface area (Å²) in [6.07, 6.45) is -14.6. The molecule has 12 nitrogen and oxygen atoms in total. The Morgan fingerprint density at radius 2 is 1.31 bits per heavy atom. The van der Waals surface area contributed by atoms with E-state index in [4.69, 9.17) is 24.7 Å². The van der Waals surface area contributed by atoms with Crippen LogP contribution in [0.1, 0.15) is 0 Å². The van der Waals surface area contributed by atoms with Gasteiger partial charge in [-0.2, -0.15) is 0 Å². The maximum absolute atomic E-state index is 10.3. The zero-order valence-corrected chi connectivity index (χ0v) is 13.9. The van der Waals surface area contributed by atoms with Gasteiger partial charge in [0.05, 0.1) is 19.8 Å². The minimum Gasteiger partial charge on any atom is -0.394 e. The third-order valence-electron chi connectivity index (χ3n) is 4.36. The summed E-state index contributed by atoms with van der Waals surface area (Å²) >= 11 is 0. The monoisotopic (exact) mass is 385 g/mol. The molecule has 0 bridgehead atoms. The summed E-state index contributed by atoms with van der Waals surface area (Å²) < 4.78 is 21.1. The summed E-state index contributed by atoms with van der Waals surface area (Å²) in [4.78, 5) is 0. The first-order chi connectivity index (χ1) is 12.3. The summed E-state index contributed by atoms with van der Waals surface area (Å²) in [6, 6.07) is 0. The third-order valence-corrected chi connectivity index (χ3v) is 4.36. The Morgan fingerprint density at radius 3 is 1.88 bits per heavy atom. The molecule has 0 saturated carbocycles. The van der Waals surface area contributed by atoms with E-state index < -0.39 is 74.6 Å². The van der Waals surface area contributed by atoms with E-state index in [-0.39, 0.29) is 13.2 Å². The Kier molecular flexibility index (Phi) is 8.08. The van der Waals surface area contributed by atoms with Crippen molar-refractivity contribution in [3.63, 3.8) is 0 Å². The van der Waals surface area contributed by atoms with Crippen molar-refractivity contribution in [2.45, 2.75) is 61.4 Å². The Bertz CT molecular complexity index is 426. The summed E-state index contributed by atoms with van der Waals surface area (Å²) in [5.74, 6) is 0. The van der Waals surface area contributed by atoms with Gasteiger partial charge in [-0.3, -0.25) is 0 Å².